The molecule has 6 heteroatoms. The van der Waals surface area contributed by atoms with Crippen molar-refractivity contribution < 1.29 is 9.72 Å². The second-order valence-electron chi connectivity index (χ2n) is 5.10. The van der Waals surface area contributed by atoms with Gasteiger partial charge in [0, 0.05) is 30.3 Å². The standard InChI is InChI=1S/C14H19N3O3/c1-2-11-3-4-12(7-13(11)17(19)20)14(18)16-6-5-10(8-15)9-16/h3-4,7,10H,2,5-6,8-9,15H2,1H3. The first-order valence-electron chi connectivity index (χ1n) is 6.83. The van der Waals surface area contributed by atoms with Crippen LogP contribution in [0.4, 0.5) is 5.69 Å². The summed E-state index contributed by atoms with van der Waals surface area (Å²) in [5.74, 6) is 0.190. The summed E-state index contributed by atoms with van der Waals surface area (Å²) in [6, 6.07) is 4.72. The van der Waals surface area contributed by atoms with Gasteiger partial charge in [-0.1, -0.05) is 13.0 Å². The summed E-state index contributed by atoms with van der Waals surface area (Å²) in [5, 5.41) is 11.0. The molecule has 0 saturated carbocycles. The molecular formula is C14H19N3O3. The zero-order valence-corrected chi connectivity index (χ0v) is 11.5. The fourth-order valence-corrected chi connectivity index (χ4v) is 2.56. The lowest BCUT2D eigenvalue weighted by atomic mass is 10.1. The molecule has 1 unspecified atom stereocenters. The molecule has 1 heterocycles. The minimum atomic E-state index is -0.428. The van der Waals surface area contributed by atoms with E-state index in [2.05, 4.69) is 0 Å². The number of nitrogens with two attached hydrogens (primary N) is 1. The third-order valence-corrected chi connectivity index (χ3v) is 3.82. The zero-order chi connectivity index (χ0) is 14.7. The van der Waals surface area contributed by atoms with Gasteiger partial charge in [0.05, 0.1) is 4.92 Å². The van der Waals surface area contributed by atoms with Gasteiger partial charge in [-0.25, -0.2) is 0 Å². The van der Waals surface area contributed by atoms with E-state index in [1.807, 2.05) is 6.92 Å². The number of likely N-dealkylation sites (tertiary alicyclic amines) is 1. The SMILES string of the molecule is CCc1ccc(C(=O)N2CCC(CN)C2)cc1[N+](=O)[O-]. The molecule has 0 radical (unpaired) electrons. The van der Waals surface area contributed by atoms with Gasteiger partial charge in [0.1, 0.15) is 0 Å². The van der Waals surface area contributed by atoms with Gasteiger partial charge in [0.15, 0.2) is 0 Å². The predicted molar refractivity (Wildman–Crippen MR) is 75.5 cm³/mol. The second-order valence-corrected chi connectivity index (χ2v) is 5.10. The summed E-state index contributed by atoms with van der Waals surface area (Å²) in [6.07, 6.45) is 1.47. The predicted octanol–water partition coefficient (Wildman–Crippen LogP) is 1.58. The summed E-state index contributed by atoms with van der Waals surface area (Å²) >= 11 is 0. The van der Waals surface area contributed by atoms with E-state index < -0.39 is 4.92 Å². The second kappa shape index (κ2) is 6.00. The highest BCUT2D eigenvalue weighted by Gasteiger charge is 2.27. The molecule has 1 fully saturated rings. The maximum atomic E-state index is 12.3. The Labute approximate surface area is 117 Å². The lowest BCUT2D eigenvalue weighted by Crippen LogP contribution is -2.29. The Morgan fingerprint density at radius 2 is 2.30 bits per heavy atom. The first-order chi connectivity index (χ1) is 9.56. The lowest BCUT2D eigenvalue weighted by Gasteiger charge is -2.16. The molecule has 0 aromatic heterocycles. The Morgan fingerprint density at radius 1 is 1.55 bits per heavy atom. The molecule has 2 rings (SSSR count). The fourth-order valence-electron chi connectivity index (χ4n) is 2.56. The molecule has 20 heavy (non-hydrogen) atoms. The Balaban J connectivity index is 2.23. The molecule has 108 valence electrons. The van der Waals surface area contributed by atoms with Crippen molar-refractivity contribution in [3.8, 4) is 0 Å². The summed E-state index contributed by atoms with van der Waals surface area (Å²) in [4.78, 5) is 24.7. The van der Waals surface area contributed by atoms with Crippen molar-refractivity contribution >= 4 is 11.6 Å². The number of nitrogens with zero attached hydrogens (tertiary/aromatic N) is 2. The van der Waals surface area contributed by atoms with Gasteiger partial charge in [-0.15, -0.1) is 0 Å². The third-order valence-electron chi connectivity index (χ3n) is 3.82. The van der Waals surface area contributed by atoms with Gasteiger partial charge in [-0.05, 0) is 31.4 Å². The van der Waals surface area contributed by atoms with Crippen LogP contribution in [-0.4, -0.2) is 35.4 Å². The number of carbonyl (C=O) groups is 1. The number of benzene rings is 1. The maximum absolute atomic E-state index is 12.3. The van der Waals surface area contributed by atoms with E-state index in [4.69, 9.17) is 5.73 Å². The highest BCUT2D eigenvalue weighted by molar-refractivity contribution is 5.95. The number of nitro benzene ring substituents is 1. The van der Waals surface area contributed by atoms with Crippen LogP contribution in [0.2, 0.25) is 0 Å². The summed E-state index contributed by atoms with van der Waals surface area (Å²) in [5.41, 5.74) is 6.66. The minimum Gasteiger partial charge on any atom is -0.338 e. The highest BCUT2D eigenvalue weighted by Crippen LogP contribution is 2.23. The monoisotopic (exact) mass is 277 g/mol. The summed E-state index contributed by atoms with van der Waals surface area (Å²) in [7, 11) is 0. The molecule has 0 aliphatic carbocycles. The van der Waals surface area contributed by atoms with Crippen molar-refractivity contribution in [2.45, 2.75) is 19.8 Å². The molecule has 2 N–H and O–H groups in total. The Hall–Kier alpha value is -1.95. The van der Waals surface area contributed by atoms with Crippen molar-refractivity contribution in [3.63, 3.8) is 0 Å². The number of nitro groups is 1. The first-order valence-corrected chi connectivity index (χ1v) is 6.83. The first kappa shape index (κ1) is 14.5. The van der Waals surface area contributed by atoms with Crippen molar-refractivity contribution in [2.75, 3.05) is 19.6 Å². The normalized spacial score (nSPS) is 18.3. The van der Waals surface area contributed by atoms with Crippen LogP contribution in [0.5, 0.6) is 0 Å². The van der Waals surface area contributed by atoms with Crippen LogP contribution in [0.3, 0.4) is 0 Å². The number of hydrogen-bond donors (Lipinski definition) is 1. The summed E-state index contributed by atoms with van der Waals surface area (Å²) in [6.45, 7) is 3.73. The number of amides is 1. The Kier molecular flexibility index (Phi) is 4.34. The van der Waals surface area contributed by atoms with Gasteiger partial charge < -0.3 is 10.6 Å². The van der Waals surface area contributed by atoms with Crippen molar-refractivity contribution in [1.82, 2.24) is 4.90 Å². The maximum Gasteiger partial charge on any atom is 0.273 e. The average molecular weight is 277 g/mol. The van der Waals surface area contributed by atoms with Crippen LogP contribution in [0.1, 0.15) is 29.3 Å². The molecule has 1 aromatic carbocycles. The number of aryl methyl sites for hydroxylation is 1. The largest absolute Gasteiger partial charge is 0.338 e. The zero-order valence-electron chi connectivity index (χ0n) is 11.5. The molecule has 6 nitrogen and oxygen atoms in total. The van der Waals surface area contributed by atoms with Crippen LogP contribution in [0.25, 0.3) is 0 Å². The highest BCUT2D eigenvalue weighted by atomic mass is 16.6. The van der Waals surface area contributed by atoms with E-state index in [1.54, 1.807) is 17.0 Å². The average Bonchev–Trinajstić information content (AvgIpc) is 2.94. The topological polar surface area (TPSA) is 89.5 Å². The van der Waals surface area contributed by atoms with Gasteiger partial charge >= 0.3 is 0 Å². The van der Waals surface area contributed by atoms with Crippen LogP contribution in [0, 0.1) is 16.0 Å². The number of rotatable bonds is 4. The van der Waals surface area contributed by atoms with Gasteiger partial charge in [-0.2, -0.15) is 0 Å². The van der Waals surface area contributed by atoms with Crippen molar-refractivity contribution in [1.29, 1.82) is 0 Å². The van der Waals surface area contributed by atoms with Gasteiger partial charge in [0.25, 0.3) is 11.6 Å². The van der Waals surface area contributed by atoms with Gasteiger partial charge in [0.2, 0.25) is 0 Å². The smallest absolute Gasteiger partial charge is 0.273 e. The van der Waals surface area contributed by atoms with E-state index in [1.165, 1.54) is 6.07 Å². The molecule has 1 aliphatic rings. The third kappa shape index (κ3) is 2.80. The van der Waals surface area contributed by atoms with E-state index in [-0.39, 0.29) is 11.6 Å². The molecule has 1 aromatic rings. The fraction of sp³-hybridized carbons (Fsp3) is 0.500. The Bertz CT molecular complexity index is 530. The van der Waals surface area contributed by atoms with Crippen LogP contribution in [0.15, 0.2) is 18.2 Å². The summed E-state index contributed by atoms with van der Waals surface area (Å²) < 4.78 is 0. The quantitative estimate of drug-likeness (QED) is 0.668. The molecule has 1 aliphatic heterocycles. The van der Waals surface area contributed by atoms with E-state index in [0.717, 1.165) is 6.42 Å². The minimum absolute atomic E-state index is 0.0212. The molecule has 1 atom stereocenters. The molecule has 1 saturated heterocycles. The van der Waals surface area contributed by atoms with Crippen LogP contribution in [-0.2, 0) is 6.42 Å². The van der Waals surface area contributed by atoms with Crippen molar-refractivity contribution in [3.05, 3.63) is 39.4 Å². The van der Waals surface area contributed by atoms with Crippen LogP contribution >= 0.6 is 0 Å². The molecule has 0 spiro atoms. The lowest BCUT2D eigenvalue weighted by molar-refractivity contribution is -0.385. The Morgan fingerprint density at radius 3 is 2.85 bits per heavy atom. The number of carbonyl (C=O) groups excluding carboxylic acids is 1. The molecule has 0 bridgehead atoms. The van der Waals surface area contributed by atoms with Gasteiger partial charge in [-0.3, -0.25) is 14.9 Å². The van der Waals surface area contributed by atoms with Crippen molar-refractivity contribution in [2.24, 2.45) is 11.7 Å². The number of hydrogen-bond acceptors (Lipinski definition) is 4. The van der Waals surface area contributed by atoms with Crippen LogP contribution < -0.4 is 5.73 Å². The van der Waals surface area contributed by atoms with E-state index >= 15 is 0 Å². The molecule has 1 amide bonds. The molecular weight excluding hydrogens is 258 g/mol. The van der Waals surface area contributed by atoms with E-state index in [9.17, 15) is 14.9 Å². The van der Waals surface area contributed by atoms with E-state index in [0.29, 0.717) is 43.1 Å².